The Kier molecular flexibility index (Phi) is 3.61. The number of hydrogen-bond donors (Lipinski definition) is 0. The maximum atomic E-state index is 13.9. The molecule has 2 aromatic rings. The molecule has 0 unspecified atom stereocenters. The number of carbonyl (C=O) groups is 1. The summed E-state index contributed by atoms with van der Waals surface area (Å²) in [6, 6.07) is 8.33. The van der Waals surface area contributed by atoms with Gasteiger partial charge in [-0.25, -0.2) is 4.39 Å². The number of amides is 1. The van der Waals surface area contributed by atoms with E-state index in [9.17, 15) is 9.18 Å². The van der Waals surface area contributed by atoms with E-state index in [0.717, 1.165) is 12.8 Å². The monoisotopic (exact) mass is 337 g/mol. The molecule has 1 aromatic carbocycles. The lowest BCUT2D eigenvalue weighted by molar-refractivity contribution is 0.0711. The molecule has 5 heteroatoms. The van der Waals surface area contributed by atoms with Crippen molar-refractivity contribution in [3.63, 3.8) is 0 Å². The molecule has 3 rings (SSSR count). The standard InChI is InChI=1S/C15H13BrFNO2/c16-12-4-1-5-13(17)14(12)15(19)18(10-6-7-10)9-11-3-2-8-20-11/h1-5,8,10H,6-7,9H2. The smallest absolute Gasteiger partial charge is 0.258 e. The summed E-state index contributed by atoms with van der Waals surface area (Å²) in [7, 11) is 0. The lowest BCUT2D eigenvalue weighted by Crippen LogP contribution is -2.33. The fourth-order valence-electron chi connectivity index (χ4n) is 2.17. The zero-order chi connectivity index (χ0) is 14.1. The van der Waals surface area contributed by atoms with Crippen molar-refractivity contribution in [1.82, 2.24) is 4.90 Å². The van der Waals surface area contributed by atoms with Crippen molar-refractivity contribution in [2.45, 2.75) is 25.4 Å². The van der Waals surface area contributed by atoms with E-state index < -0.39 is 5.82 Å². The number of nitrogens with zero attached hydrogens (tertiary/aromatic N) is 1. The molecule has 104 valence electrons. The fourth-order valence-corrected chi connectivity index (χ4v) is 2.68. The van der Waals surface area contributed by atoms with Gasteiger partial charge >= 0.3 is 0 Å². The molecule has 20 heavy (non-hydrogen) atoms. The Hall–Kier alpha value is -1.62. The van der Waals surface area contributed by atoms with E-state index in [1.807, 2.05) is 6.07 Å². The van der Waals surface area contributed by atoms with Crippen LogP contribution >= 0.6 is 15.9 Å². The molecule has 1 aliphatic rings. The number of benzene rings is 1. The van der Waals surface area contributed by atoms with Gasteiger partial charge in [0.1, 0.15) is 11.6 Å². The molecule has 1 heterocycles. The Labute approximate surface area is 124 Å². The summed E-state index contributed by atoms with van der Waals surface area (Å²) in [5.41, 5.74) is 0.0888. The second-order valence-electron chi connectivity index (χ2n) is 4.84. The van der Waals surface area contributed by atoms with Crippen LogP contribution in [0.1, 0.15) is 29.0 Å². The SMILES string of the molecule is O=C(c1c(F)cccc1Br)N(Cc1ccco1)C1CC1. The molecule has 1 fully saturated rings. The first-order valence-electron chi connectivity index (χ1n) is 6.44. The van der Waals surface area contributed by atoms with Gasteiger partial charge in [0.05, 0.1) is 18.4 Å². The van der Waals surface area contributed by atoms with Gasteiger partial charge in [0.25, 0.3) is 5.91 Å². The Morgan fingerprint density at radius 3 is 2.75 bits per heavy atom. The van der Waals surface area contributed by atoms with Crippen LogP contribution in [0, 0.1) is 5.82 Å². The molecular formula is C15H13BrFNO2. The molecule has 0 saturated heterocycles. The lowest BCUT2D eigenvalue weighted by atomic mass is 10.1. The van der Waals surface area contributed by atoms with Crippen LogP contribution in [0.4, 0.5) is 4.39 Å². The average molecular weight is 338 g/mol. The first kappa shape index (κ1) is 13.4. The maximum Gasteiger partial charge on any atom is 0.258 e. The molecule has 1 aliphatic carbocycles. The van der Waals surface area contributed by atoms with Gasteiger partial charge in [-0.05, 0) is 53.0 Å². The highest BCUT2D eigenvalue weighted by Crippen LogP contribution is 2.32. The van der Waals surface area contributed by atoms with Crippen molar-refractivity contribution in [2.75, 3.05) is 0 Å². The van der Waals surface area contributed by atoms with E-state index in [1.54, 1.807) is 29.4 Å². The van der Waals surface area contributed by atoms with Gasteiger partial charge in [-0.15, -0.1) is 0 Å². The van der Waals surface area contributed by atoms with Gasteiger partial charge in [-0.3, -0.25) is 4.79 Å². The highest BCUT2D eigenvalue weighted by Gasteiger charge is 2.35. The minimum atomic E-state index is -0.505. The molecule has 0 aliphatic heterocycles. The van der Waals surface area contributed by atoms with Crippen LogP contribution in [0.5, 0.6) is 0 Å². The van der Waals surface area contributed by atoms with Gasteiger partial charge < -0.3 is 9.32 Å². The molecule has 0 radical (unpaired) electrons. The molecule has 0 spiro atoms. The summed E-state index contributed by atoms with van der Waals surface area (Å²) < 4.78 is 19.7. The molecule has 0 bridgehead atoms. The normalized spacial score (nSPS) is 14.3. The summed E-state index contributed by atoms with van der Waals surface area (Å²) in [4.78, 5) is 14.3. The minimum Gasteiger partial charge on any atom is -0.467 e. The van der Waals surface area contributed by atoms with Crippen LogP contribution in [0.15, 0.2) is 45.5 Å². The molecule has 1 amide bonds. The summed E-state index contributed by atoms with van der Waals surface area (Å²) in [5, 5.41) is 0. The third kappa shape index (κ3) is 2.63. The van der Waals surface area contributed by atoms with Gasteiger partial charge in [-0.1, -0.05) is 6.07 Å². The zero-order valence-corrected chi connectivity index (χ0v) is 12.3. The predicted molar refractivity (Wildman–Crippen MR) is 75.7 cm³/mol. The van der Waals surface area contributed by atoms with Crippen LogP contribution in [0.25, 0.3) is 0 Å². The zero-order valence-electron chi connectivity index (χ0n) is 10.7. The first-order chi connectivity index (χ1) is 9.66. The topological polar surface area (TPSA) is 33.5 Å². The Morgan fingerprint density at radius 2 is 2.15 bits per heavy atom. The molecule has 1 saturated carbocycles. The highest BCUT2D eigenvalue weighted by molar-refractivity contribution is 9.10. The Balaban J connectivity index is 1.89. The number of rotatable bonds is 4. The van der Waals surface area contributed by atoms with E-state index in [-0.39, 0.29) is 17.5 Å². The number of halogens is 2. The largest absolute Gasteiger partial charge is 0.467 e. The number of hydrogen-bond acceptors (Lipinski definition) is 2. The van der Waals surface area contributed by atoms with Crippen LogP contribution < -0.4 is 0 Å². The summed E-state index contributed by atoms with van der Waals surface area (Å²) in [5.74, 6) is -0.0962. The number of furan rings is 1. The minimum absolute atomic E-state index is 0.0888. The summed E-state index contributed by atoms with van der Waals surface area (Å²) in [6.45, 7) is 0.372. The van der Waals surface area contributed by atoms with E-state index in [1.165, 1.54) is 6.07 Å². The van der Waals surface area contributed by atoms with Gasteiger partial charge in [0.15, 0.2) is 0 Å². The predicted octanol–water partition coefficient (Wildman–Crippen LogP) is 3.99. The summed E-state index contributed by atoms with van der Waals surface area (Å²) in [6.07, 6.45) is 3.49. The van der Waals surface area contributed by atoms with Gasteiger partial charge in [0, 0.05) is 10.5 Å². The third-order valence-electron chi connectivity index (χ3n) is 3.33. The third-order valence-corrected chi connectivity index (χ3v) is 3.99. The van der Waals surface area contributed by atoms with Crippen molar-refractivity contribution < 1.29 is 13.6 Å². The lowest BCUT2D eigenvalue weighted by Gasteiger charge is -2.22. The molecule has 0 N–H and O–H groups in total. The van der Waals surface area contributed by atoms with E-state index in [4.69, 9.17) is 4.42 Å². The van der Waals surface area contributed by atoms with E-state index >= 15 is 0 Å². The molecule has 0 atom stereocenters. The summed E-state index contributed by atoms with van der Waals surface area (Å²) >= 11 is 3.25. The van der Waals surface area contributed by atoms with E-state index in [0.29, 0.717) is 16.8 Å². The maximum absolute atomic E-state index is 13.9. The molecular weight excluding hydrogens is 325 g/mol. The Morgan fingerprint density at radius 1 is 1.35 bits per heavy atom. The second-order valence-corrected chi connectivity index (χ2v) is 5.69. The van der Waals surface area contributed by atoms with Gasteiger partial charge in [0.2, 0.25) is 0 Å². The number of carbonyl (C=O) groups excluding carboxylic acids is 1. The van der Waals surface area contributed by atoms with Crippen LogP contribution in [0.3, 0.4) is 0 Å². The Bertz CT molecular complexity index is 603. The quantitative estimate of drug-likeness (QED) is 0.845. The average Bonchev–Trinajstić information content (AvgIpc) is 3.12. The fraction of sp³-hybridized carbons (Fsp3) is 0.267. The highest BCUT2D eigenvalue weighted by atomic mass is 79.9. The van der Waals surface area contributed by atoms with Gasteiger partial charge in [-0.2, -0.15) is 0 Å². The van der Waals surface area contributed by atoms with Crippen LogP contribution in [-0.4, -0.2) is 16.8 Å². The molecule has 1 aromatic heterocycles. The van der Waals surface area contributed by atoms with Crippen molar-refractivity contribution >= 4 is 21.8 Å². The van der Waals surface area contributed by atoms with Crippen molar-refractivity contribution in [2.24, 2.45) is 0 Å². The van der Waals surface area contributed by atoms with Crippen LogP contribution in [0.2, 0.25) is 0 Å². The van der Waals surface area contributed by atoms with E-state index in [2.05, 4.69) is 15.9 Å². The molecule has 3 nitrogen and oxygen atoms in total. The second kappa shape index (κ2) is 5.40. The van der Waals surface area contributed by atoms with Crippen molar-refractivity contribution in [1.29, 1.82) is 0 Å². The van der Waals surface area contributed by atoms with Crippen molar-refractivity contribution in [3.8, 4) is 0 Å². The first-order valence-corrected chi connectivity index (χ1v) is 7.23. The van der Waals surface area contributed by atoms with Crippen molar-refractivity contribution in [3.05, 3.63) is 58.2 Å². The van der Waals surface area contributed by atoms with Crippen LogP contribution in [-0.2, 0) is 6.54 Å².